The second-order valence-corrected chi connectivity index (χ2v) is 11.1. The average Bonchev–Trinajstić information content (AvgIpc) is 2.86. The van der Waals surface area contributed by atoms with Crippen LogP contribution in [0.25, 0.3) is 10.8 Å². The van der Waals surface area contributed by atoms with Gasteiger partial charge in [0.05, 0.1) is 10.6 Å². The Balaban J connectivity index is 1.73. The fourth-order valence-electron chi connectivity index (χ4n) is 3.99. The highest BCUT2D eigenvalue weighted by Gasteiger charge is 2.28. The van der Waals surface area contributed by atoms with Crippen LogP contribution in [-0.2, 0) is 21.4 Å². The number of benzene rings is 4. The van der Waals surface area contributed by atoms with Gasteiger partial charge in [-0.25, -0.2) is 8.42 Å². The number of halogens is 2. The van der Waals surface area contributed by atoms with Crippen LogP contribution in [0.3, 0.4) is 0 Å². The Labute approximate surface area is 224 Å². The maximum Gasteiger partial charge on any atom is 0.324 e. The maximum atomic E-state index is 13.4. The Morgan fingerprint density at radius 1 is 0.865 bits per heavy atom. The molecule has 0 fully saturated rings. The minimum atomic E-state index is -4.33. The van der Waals surface area contributed by atoms with Crippen LogP contribution in [0.2, 0.25) is 10.0 Å². The molecule has 0 saturated carbocycles. The lowest BCUT2D eigenvalue weighted by atomic mass is 10.0. The lowest BCUT2D eigenvalue weighted by molar-refractivity contribution is -0.135. The summed E-state index contributed by atoms with van der Waals surface area (Å²) < 4.78 is 27.6. The zero-order chi connectivity index (χ0) is 26.7. The van der Waals surface area contributed by atoms with Crippen LogP contribution in [0, 0.1) is 0 Å². The van der Waals surface area contributed by atoms with E-state index >= 15 is 0 Å². The van der Waals surface area contributed by atoms with Crippen molar-refractivity contribution < 1.29 is 23.1 Å². The number of carboxylic acid groups (broad SMARTS) is 1. The van der Waals surface area contributed by atoms with E-state index < -0.39 is 22.5 Å². The molecule has 0 spiro atoms. The fourth-order valence-corrected chi connectivity index (χ4v) is 6.12. The van der Waals surface area contributed by atoms with Crippen molar-refractivity contribution >= 4 is 61.6 Å². The highest BCUT2D eigenvalue weighted by Crippen LogP contribution is 2.31. The molecule has 4 aromatic rings. The molecule has 0 aliphatic heterocycles. The summed E-state index contributed by atoms with van der Waals surface area (Å²) in [6.45, 7) is -0.405. The SMILES string of the molecule is CN(Cc1ccccc1)C(=O)c1cccc2cc(N(CC(=O)O)S(=O)(=O)c3cc(Cl)cc(Cl)c3)ccc12. The molecule has 0 atom stereocenters. The summed E-state index contributed by atoms with van der Waals surface area (Å²) in [4.78, 5) is 26.2. The van der Waals surface area contributed by atoms with Crippen molar-refractivity contribution in [2.75, 3.05) is 17.9 Å². The Morgan fingerprint density at radius 2 is 1.54 bits per heavy atom. The third-order valence-corrected chi connectivity index (χ3v) is 7.88. The first kappa shape index (κ1) is 26.5. The van der Waals surface area contributed by atoms with Gasteiger partial charge in [0.15, 0.2) is 0 Å². The molecule has 1 N–H and O–H groups in total. The molecule has 0 radical (unpaired) electrons. The molecule has 0 aliphatic rings. The predicted molar refractivity (Wildman–Crippen MR) is 145 cm³/mol. The number of amides is 1. The summed E-state index contributed by atoms with van der Waals surface area (Å²) in [5.41, 5.74) is 1.54. The molecule has 4 rings (SSSR count). The van der Waals surface area contributed by atoms with E-state index in [1.54, 1.807) is 36.2 Å². The first-order chi connectivity index (χ1) is 17.6. The molecule has 0 saturated heterocycles. The van der Waals surface area contributed by atoms with Crippen LogP contribution in [0.4, 0.5) is 5.69 Å². The third kappa shape index (κ3) is 5.88. The quantitative estimate of drug-likeness (QED) is 0.300. The van der Waals surface area contributed by atoms with Gasteiger partial charge < -0.3 is 10.0 Å². The fraction of sp³-hybridized carbons (Fsp3) is 0.111. The number of carboxylic acids is 1. The van der Waals surface area contributed by atoms with E-state index in [2.05, 4.69) is 0 Å². The first-order valence-corrected chi connectivity index (χ1v) is 13.3. The highest BCUT2D eigenvalue weighted by atomic mass is 35.5. The van der Waals surface area contributed by atoms with Gasteiger partial charge in [0, 0.05) is 29.2 Å². The molecule has 0 heterocycles. The molecule has 0 aliphatic carbocycles. The standard InChI is InChI=1S/C27H22Cl2N2O5S/c1-30(16-18-6-3-2-4-7-18)27(34)25-9-5-8-19-12-22(10-11-24(19)25)31(17-26(32)33)37(35,36)23-14-20(28)13-21(29)15-23/h2-15H,16-17H2,1H3,(H,32,33). The number of carbonyl (C=O) groups excluding carboxylic acids is 1. The molecule has 0 aromatic heterocycles. The average molecular weight is 557 g/mol. The number of hydrogen-bond donors (Lipinski definition) is 1. The Kier molecular flexibility index (Phi) is 7.73. The number of aliphatic carboxylic acids is 1. The van der Waals surface area contributed by atoms with Crippen LogP contribution >= 0.6 is 23.2 Å². The van der Waals surface area contributed by atoms with Gasteiger partial charge in [-0.3, -0.25) is 13.9 Å². The first-order valence-electron chi connectivity index (χ1n) is 11.1. The van der Waals surface area contributed by atoms with Gasteiger partial charge >= 0.3 is 5.97 Å². The van der Waals surface area contributed by atoms with Gasteiger partial charge in [0.2, 0.25) is 0 Å². The molecule has 0 bridgehead atoms. The largest absolute Gasteiger partial charge is 0.480 e. The van der Waals surface area contributed by atoms with Crippen LogP contribution in [0.15, 0.2) is 89.8 Å². The lowest BCUT2D eigenvalue weighted by Gasteiger charge is -2.24. The van der Waals surface area contributed by atoms with Gasteiger partial charge in [-0.2, -0.15) is 0 Å². The van der Waals surface area contributed by atoms with Crippen molar-refractivity contribution in [3.63, 3.8) is 0 Å². The second kappa shape index (κ2) is 10.8. The summed E-state index contributed by atoms with van der Waals surface area (Å²) in [7, 11) is -2.62. The zero-order valence-electron chi connectivity index (χ0n) is 19.6. The zero-order valence-corrected chi connectivity index (χ0v) is 22.0. The summed E-state index contributed by atoms with van der Waals surface area (Å²) in [6.07, 6.45) is 0. The van der Waals surface area contributed by atoms with Crippen LogP contribution in [0.5, 0.6) is 0 Å². The van der Waals surface area contributed by atoms with Gasteiger partial charge in [-0.1, -0.05) is 71.7 Å². The number of rotatable bonds is 8. The lowest BCUT2D eigenvalue weighted by Crippen LogP contribution is -2.35. The molecule has 10 heteroatoms. The van der Waals surface area contributed by atoms with Gasteiger partial charge in [-0.05, 0) is 52.7 Å². The summed E-state index contributed by atoms with van der Waals surface area (Å²) in [5, 5.41) is 10.8. The molecule has 37 heavy (non-hydrogen) atoms. The third-order valence-electron chi connectivity index (χ3n) is 5.69. The highest BCUT2D eigenvalue weighted by molar-refractivity contribution is 7.92. The van der Waals surface area contributed by atoms with E-state index in [9.17, 15) is 23.1 Å². The number of sulfonamides is 1. The number of carbonyl (C=O) groups is 2. The normalized spacial score (nSPS) is 11.3. The second-order valence-electron chi connectivity index (χ2n) is 8.37. The molecular formula is C27H22Cl2N2O5S. The Bertz CT molecular complexity index is 1570. The van der Waals surface area contributed by atoms with Gasteiger partial charge in [0.25, 0.3) is 15.9 Å². The van der Waals surface area contributed by atoms with E-state index in [0.717, 1.165) is 9.87 Å². The topological polar surface area (TPSA) is 95.0 Å². The van der Waals surface area contributed by atoms with E-state index in [1.165, 1.54) is 30.3 Å². The van der Waals surface area contributed by atoms with Crippen LogP contribution < -0.4 is 4.31 Å². The number of fused-ring (bicyclic) bond motifs is 1. The van der Waals surface area contributed by atoms with Crippen molar-refractivity contribution in [2.24, 2.45) is 0 Å². The molecule has 1 amide bonds. The van der Waals surface area contributed by atoms with E-state index in [-0.39, 0.29) is 26.5 Å². The number of nitrogens with zero attached hydrogens (tertiary/aromatic N) is 2. The van der Waals surface area contributed by atoms with Gasteiger partial charge in [0.1, 0.15) is 6.54 Å². The molecule has 4 aromatic carbocycles. The smallest absolute Gasteiger partial charge is 0.324 e. The number of anilines is 1. The van der Waals surface area contributed by atoms with Crippen LogP contribution in [-0.4, -0.2) is 43.9 Å². The van der Waals surface area contributed by atoms with Crippen molar-refractivity contribution in [1.29, 1.82) is 0 Å². The van der Waals surface area contributed by atoms with Crippen molar-refractivity contribution in [1.82, 2.24) is 4.90 Å². The Morgan fingerprint density at radius 3 is 2.19 bits per heavy atom. The molecular weight excluding hydrogens is 535 g/mol. The maximum absolute atomic E-state index is 13.4. The Hall–Kier alpha value is -3.59. The van der Waals surface area contributed by atoms with E-state index in [0.29, 0.717) is 22.9 Å². The molecule has 7 nitrogen and oxygen atoms in total. The van der Waals surface area contributed by atoms with Gasteiger partial charge in [-0.15, -0.1) is 0 Å². The number of hydrogen-bond acceptors (Lipinski definition) is 4. The summed E-state index contributed by atoms with van der Waals surface area (Å²) in [5.74, 6) is -1.55. The van der Waals surface area contributed by atoms with Crippen LogP contribution in [0.1, 0.15) is 15.9 Å². The molecule has 190 valence electrons. The minimum Gasteiger partial charge on any atom is -0.480 e. The predicted octanol–water partition coefficient (Wildman–Crippen LogP) is 5.70. The summed E-state index contributed by atoms with van der Waals surface area (Å²) >= 11 is 12.0. The van der Waals surface area contributed by atoms with E-state index in [1.807, 2.05) is 30.3 Å². The van der Waals surface area contributed by atoms with Crippen molar-refractivity contribution in [2.45, 2.75) is 11.4 Å². The monoisotopic (exact) mass is 556 g/mol. The molecule has 0 unspecified atom stereocenters. The van der Waals surface area contributed by atoms with Crippen molar-refractivity contribution in [3.8, 4) is 0 Å². The van der Waals surface area contributed by atoms with Crippen molar-refractivity contribution in [3.05, 3.63) is 106 Å². The van der Waals surface area contributed by atoms with E-state index in [4.69, 9.17) is 23.2 Å². The summed E-state index contributed by atoms with van der Waals surface area (Å²) in [6, 6.07) is 23.1. The minimum absolute atomic E-state index is 0.0997.